The summed E-state index contributed by atoms with van der Waals surface area (Å²) < 4.78 is 2.01. The Morgan fingerprint density at radius 3 is 2.68 bits per heavy atom. The quantitative estimate of drug-likeness (QED) is 0.575. The Morgan fingerprint density at radius 2 is 1.91 bits per heavy atom. The molecule has 0 radical (unpaired) electrons. The molecule has 3 atom stereocenters. The maximum absolute atomic E-state index is 12.0. The van der Waals surface area contributed by atoms with E-state index in [1.807, 2.05) is 59.1 Å². The lowest BCUT2D eigenvalue weighted by Gasteiger charge is -2.05. The number of carbonyl (C=O) groups is 1. The number of nitrogens with zero attached hydrogens (tertiary/aromatic N) is 2. The number of hydrogen-bond acceptors (Lipinski definition) is 3. The molecule has 1 aromatic carbocycles. The van der Waals surface area contributed by atoms with Crippen molar-refractivity contribution < 1.29 is 10.0 Å². The lowest BCUT2D eigenvalue weighted by Crippen LogP contribution is -2.21. The van der Waals surface area contributed by atoms with Crippen LogP contribution in [0.5, 0.6) is 0 Å². The number of aromatic nitrogens is 2. The molecule has 1 aliphatic rings. The fraction of sp³-hybridized carbons (Fsp3) is 0.176. The van der Waals surface area contributed by atoms with Crippen LogP contribution in [0.4, 0.5) is 0 Å². The zero-order valence-electron chi connectivity index (χ0n) is 11.8. The van der Waals surface area contributed by atoms with Crippen LogP contribution in [0.3, 0.4) is 0 Å². The molecule has 110 valence electrons. The van der Waals surface area contributed by atoms with E-state index in [0.717, 1.165) is 16.9 Å². The van der Waals surface area contributed by atoms with Crippen LogP contribution in [0, 0.1) is 5.92 Å². The standard InChI is InChI=1S/C17H15N3O2/c21-17(19-22)16-14(11-5-2-1-3-6-11)15(16)12-8-9-18-13-7-4-10-20(12)13/h1-10,14-16,22H,(H,19,21)/t14-,15-,16-/m1/s1. The molecule has 1 aliphatic carbocycles. The third-order valence-corrected chi connectivity index (χ3v) is 4.42. The molecule has 1 saturated carbocycles. The van der Waals surface area contributed by atoms with Crippen LogP contribution in [-0.4, -0.2) is 20.5 Å². The van der Waals surface area contributed by atoms with E-state index >= 15 is 0 Å². The Bertz CT molecular complexity index is 828. The monoisotopic (exact) mass is 293 g/mol. The maximum atomic E-state index is 12.0. The second-order valence-electron chi connectivity index (χ2n) is 5.57. The number of benzene rings is 1. The Labute approximate surface area is 127 Å². The molecule has 0 saturated heterocycles. The van der Waals surface area contributed by atoms with Crippen molar-refractivity contribution in [1.29, 1.82) is 0 Å². The fourth-order valence-corrected chi connectivity index (χ4v) is 3.41. The predicted octanol–water partition coefficient (Wildman–Crippen LogP) is 2.34. The number of rotatable bonds is 3. The minimum atomic E-state index is -0.337. The Morgan fingerprint density at radius 1 is 1.09 bits per heavy atom. The lowest BCUT2D eigenvalue weighted by atomic mass is 10.1. The molecular weight excluding hydrogens is 278 g/mol. The molecule has 2 aromatic heterocycles. The van der Waals surface area contributed by atoms with E-state index in [9.17, 15) is 4.79 Å². The summed E-state index contributed by atoms with van der Waals surface area (Å²) in [6.07, 6.45) is 3.71. The number of hydrogen-bond donors (Lipinski definition) is 2. The summed E-state index contributed by atoms with van der Waals surface area (Å²) in [5, 5.41) is 9.03. The third-order valence-electron chi connectivity index (χ3n) is 4.42. The Hall–Kier alpha value is -2.66. The van der Waals surface area contributed by atoms with Gasteiger partial charge in [0.2, 0.25) is 5.91 Å². The van der Waals surface area contributed by atoms with Crippen LogP contribution < -0.4 is 5.48 Å². The Kier molecular flexibility index (Phi) is 2.94. The number of fused-ring (bicyclic) bond motifs is 1. The zero-order valence-corrected chi connectivity index (χ0v) is 11.8. The van der Waals surface area contributed by atoms with Crippen LogP contribution in [-0.2, 0) is 4.79 Å². The largest absolute Gasteiger partial charge is 0.305 e. The molecule has 2 N–H and O–H groups in total. The Balaban J connectivity index is 1.79. The fourth-order valence-electron chi connectivity index (χ4n) is 3.41. The van der Waals surface area contributed by atoms with E-state index in [1.54, 1.807) is 11.7 Å². The van der Waals surface area contributed by atoms with Gasteiger partial charge in [0, 0.05) is 29.9 Å². The summed E-state index contributed by atoms with van der Waals surface area (Å²) in [7, 11) is 0. The molecule has 0 unspecified atom stereocenters. The molecule has 5 nitrogen and oxygen atoms in total. The molecule has 5 heteroatoms. The first-order valence-corrected chi connectivity index (χ1v) is 7.22. The molecular formula is C17H15N3O2. The van der Waals surface area contributed by atoms with Crippen molar-refractivity contribution >= 4 is 11.6 Å². The highest BCUT2D eigenvalue weighted by atomic mass is 16.5. The zero-order chi connectivity index (χ0) is 15.1. The lowest BCUT2D eigenvalue weighted by molar-refractivity contribution is -0.130. The first-order chi connectivity index (χ1) is 10.8. The third kappa shape index (κ3) is 1.90. The van der Waals surface area contributed by atoms with Gasteiger partial charge in [-0.25, -0.2) is 10.5 Å². The van der Waals surface area contributed by atoms with Gasteiger partial charge in [-0.05, 0) is 23.8 Å². The molecule has 4 rings (SSSR count). The van der Waals surface area contributed by atoms with Gasteiger partial charge in [-0.15, -0.1) is 0 Å². The summed E-state index contributed by atoms with van der Waals surface area (Å²) in [5.41, 5.74) is 4.81. The molecule has 1 fully saturated rings. The molecule has 22 heavy (non-hydrogen) atoms. The predicted molar refractivity (Wildman–Crippen MR) is 80.5 cm³/mol. The first-order valence-electron chi connectivity index (χ1n) is 7.22. The topological polar surface area (TPSA) is 66.6 Å². The van der Waals surface area contributed by atoms with E-state index in [-0.39, 0.29) is 23.7 Å². The molecule has 0 aliphatic heterocycles. The van der Waals surface area contributed by atoms with E-state index < -0.39 is 0 Å². The van der Waals surface area contributed by atoms with Gasteiger partial charge in [0.05, 0.1) is 5.92 Å². The molecule has 0 bridgehead atoms. The smallest absolute Gasteiger partial charge is 0.247 e. The molecule has 1 amide bonds. The van der Waals surface area contributed by atoms with Crippen LogP contribution in [0.15, 0.2) is 60.9 Å². The number of carbonyl (C=O) groups excluding carboxylic acids is 1. The minimum Gasteiger partial charge on any atom is -0.305 e. The second kappa shape index (κ2) is 4.96. The number of nitrogens with one attached hydrogen (secondary N) is 1. The number of amides is 1. The van der Waals surface area contributed by atoms with Crippen LogP contribution in [0.2, 0.25) is 0 Å². The van der Waals surface area contributed by atoms with Gasteiger partial charge in [0.15, 0.2) is 0 Å². The summed E-state index contributed by atoms with van der Waals surface area (Å²) in [6.45, 7) is 0. The average molecular weight is 293 g/mol. The molecule has 3 aromatic rings. The molecule has 2 heterocycles. The van der Waals surface area contributed by atoms with Gasteiger partial charge in [-0.2, -0.15) is 0 Å². The van der Waals surface area contributed by atoms with E-state index in [4.69, 9.17) is 5.21 Å². The normalized spacial score (nSPS) is 23.4. The maximum Gasteiger partial charge on any atom is 0.247 e. The van der Waals surface area contributed by atoms with E-state index in [1.165, 1.54) is 0 Å². The SMILES string of the molecule is O=C(NO)[C@@H]1[C@H](c2ccccc2)[C@H]1c1ccnc2cccn12. The second-order valence-corrected chi connectivity index (χ2v) is 5.57. The van der Waals surface area contributed by atoms with Crippen molar-refractivity contribution in [1.82, 2.24) is 14.9 Å². The van der Waals surface area contributed by atoms with Crippen LogP contribution in [0.25, 0.3) is 5.65 Å². The van der Waals surface area contributed by atoms with Crippen molar-refractivity contribution in [2.75, 3.05) is 0 Å². The highest BCUT2D eigenvalue weighted by Gasteiger charge is 2.57. The van der Waals surface area contributed by atoms with Gasteiger partial charge in [0.25, 0.3) is 0 Å². The van der Waals surface area contributed by atoms with Gasteiger partial charge >= 0.3 is 0 Å². The van der Waals surface area contributed by atoms with Gasteiger partial charge in [0.1, 0.15) is 5.65 Å². The summed E-state index contributed by atoms with van der Waals surface area (Å²) >= 11 is 0. The van der Waals surface area contributed by atoms with Gasteiger partial charge in [-0.1, -0.05) is 30.3 Å². The van der Waals surface area contributed by atoms with Crippen molar-refractivity contribution in [3.05, 3.63) is 72.2 Å². The van der Waals surface area contributed by atoms with Crippen LogP contribution in [0.1, 0.15) is 23.1 Å². The minimum absolute atomic E-state index is 0.0347. The van der Waals surface area contributed by atoms with Crippen molar-refractivity contribution in [2.24, 2.45) is 5.92 Å². The van der Waals surface area contributed by atoms with Gasteiger partial charge in [-0.3, -0.25) is 10.0 Å². The van der Waals surface area contributed by atoms with Crippen molar-refractivity contribution in [3.63, 3.8) is 0 Å². The summed E-state index contributed by atoms with van der Waals surface area (Å²) in [4.78, 5) is 16.3. The highest BCUT2D eigenvalue weighted by molar-refractivity contribution is 5.84. The van der Waals surface area contributed by atoms with Crippen molar-refractivity contribution in [3.8, 4) is 0 Å². The number of hydroxylamine groups is 1. The van der Waals surface area contributed by atoms with Crippen molar-refractivity contribution in [2.45, 2.75) is 11.8 Å². The van der Waals surface area contributed by atoms with E-state index in [2.05, 4.69) is 4.98 Å². The van der Waals surface area contributed by atoms with E-state index in [0.29, 0.717) is 0 Å². The summed E-state index contributed by atoms with van der Waals surface area (Å²) in [6, 6.07) is 15.8. The average Bonchev–Trinajstić information content (AvgIpc) is 3.12. The van der Waals surface area contributed by atoms with Crippen LogP contribution >= 0.6 is 0 Å². The first kappa shape index (κ1) is 13.0. The highest BCUT2D eigenvalue weighted by Crippen LogP contribution is 2.60. The molecule has 0 spiro atoms. The van der Waals surface area contributed by atoms with Gasteiger partial charge < -0.3 is 4.40 Å². The summed E-state index contributed by atoms with van der Waals surface area (Å²) in [5.74, 6) is -0.495.